The van der Waals surface area contributed by atoms with Crippen LogP contribution in [0, 0.1) is 0 Å². The van der Waals surface area contributed by atoms with E-state index in [1.165, 1.54) is 11.1 Å². The van der Waals surface area contributed by atoms with Crippen molar-refractivity contribution in [3.8, 4) is 5.75 Å². The van der Waals surface area contributed by atoms with Crippen LogP contribution in [-0.4, -0.2) is 40.6 Å². The van der Waals surface area contributed by atoms with Crippen LogP contribution in [0.15, 0.2) is 48.5 Å². The summed E-state index contributed by atoms with van der Waals surface area (Å²) >= 11 is 0. The fraction of sp³-hybridized carbons (Fsp3) is 0.409. The van der Waals surface area contributed by atoms with Crippen LogP contribution < -0.4 is 4.89 Å². The molecular formula is C22H26N2O3. The highest BCUT2D eigenvalue weighted by atomic mass is 17.1. The maximum atomic E-state index is 12.1. The Kier molecular flexibility index (Phi) is 4.89. The molecule has 0 saturated carbocycles. The average molecular weight is 366 g/mol. The number of carbonyl (C=O) groups is 1. The highest BCUT2D eigenvalue weighted by molar-refractivity contribution is 5.74. The molecule has 5 nitrogen and oxygen atoms in total. The number of amides is 1. The standard InChI is InChI=1S/C22H26N2O3/c1-17(25)24-15-18-6-2-4-8-20(18)22(16-24)10-12-23(13-11-22)14-19-7-3-5-9-21(19)27-26/h2-9,26H,10-16H2,1H3. The van der Waals surface area contributed by atoms with Gasteiger partial charge in [0.05, 0.1) is 0 Å². The van der Waals surface area contributed by atoms with E-state index in [0.717, 1.165) is 51.1 Å². The van der Waals surface area contributed by atoms with Gasteiger partial charge in [-0.1, -0.05) is 42.5 Å². The predicted octanol–water partition coefficient (Wildman–Crippen LogP) is 3.43. The third-order valence-electron chi connectivity index (χ3n) is 6.17. The summed E-state index contributed by atoms with van der Waals surface area (Å²) in [4.78, 5) is 21.0. The molecule has 2 aliphatic rings. The molecule has 0 unspecified atom stereocenters. The number of hydrogen-bond donors (Lipinski definition) is 1. The lowest BCUT2D eigenvalue weighted by atomic mass is 9.69. The van der Waals surface area contributed by atoms with Crippen molar-refractivity contribution in [2.75, 3.05) is 19.6 Å². The number of fused-ring (bicyclic) bond motifs is 2. The third-order valence-corrected chi connectivity index (χ3v) is 6.17. The lowest BCUT2D eigenvalue weighted by Gasteiger charge is -2.48. The molecule has 2 aromatic carbocycles. The Morgan fingerprint density at radius 2 is 1.81 bits per heavy atom. The normalized spacial score (nSPS) is 19.0. The number of carbonyl (C=O) groups excluding carboxylic acids is 1. The quantitative estimate of drug-likeness (QED) is 0.668. The summed E-state index contributed by atoms with van der Waals surface area (Å²) < 4.78 is 0. The van der Waals surface area contributed by atoms with Crippen LogP contribution in [0.1, 0.15) is 36.5 Å². The van der Waals surface area contributed by atoms with E-state index in [4.69, 9.17) is 5.26 Å². The van der Waals surface area contributed by atoms with Crippen molar-refractivity contribution < 1.29 is 14.9 Å². The van der Waals surface area contributed by atoms with Crippen LogP contribution in [-0.2, 0) is 23.3 Å². The van der Waals surface area contributed by atoms with Crippen molar-refractivity contribution in [1.82, 2.24) is 9.80 Å². The molecule has 2 aliphatic heterocycles. The molecule has 0 aromatic heterocycles. The minimum atomic E-state index is 0.0456. The van der Waals surface area contributed by atoms with Gasteiger partial charge in [0.2, 0.25) is 5.91 Å². The second kappa shape index (κ2) is 7.33. The number of likely N-dealkylation sites (tertiary alicyclic amines) is 1. The Bertz CT molecular complexity index is 828. The van der Waals surface area contributed by atoms with E-state index in [1.807, 2.05) is 23.1 Å². The van der Waals surface area contributed by atoms with E-state index < -0.39 is 0 Å². The average Bonchev–Trinajstić information content (AvgIpc) is 2.70. The molecule has 1 amide bonds. The molecule has 5 heteroatoms. The summed E-state index contributed by atoms with van der Waals surface area (Å²) in [5.41, 5.74) is 3.74. The van der Waals surface area contributed by atoms with Crippen LogP contribution in [0.4, 0.5) is 0 Å². The summed E-state index contributed by atoms with van der Waals surface area (Å²) in [6.45, 7) is 5.87. The van der Waals surface area contributed by atoms with Crippen LogP contribution in [0.2, 0.25) is 0 Å². The second-order valence-electron chi connectivity index (χ2n) is 7.79. The van der Waals surface area contributed by atoms with Gasteiger partial charge in [-0.15, -0.1) is 0 Å². The van der Waals surface area contributed by atoms with Crippen molar-refractivity contribution in [3.63, 3.8) is 0 Å². The van der Waals surface area contributed by atoms with Gasteiger partial charge < -0.3 is 9.79 Å². The Balaban J connectivity index is 1.53. The van der Waals surface area contributed by atoms with Gasteiger partial charge in [-0.05, 0) is 43.1 Å². The van der Waals surface area contributed by atoms with E-state index in [0.29, 0.717) is 5.75 Å². The molecular weight excluding hydrogens is 340 g/mol. The fourth-order valence-corrected chi connectivity index (χ4v) is 4.64. The first-order valence-corrected chi connectivity index (χ1v) is 9.57. The number of para-hydroxylation sites is 1. The molecule has 2 aromatic rings. The minimum absolute atomic E-state index is 0.0456. The Morgan fingerprint density at radius 1 is 1.11 bits per heavy atom. The largest absolute Gasteiger partial charge is 0.340 e. The zero-order chi connectivity index (χ0) is 18.9. The monoisotopic (exact) mass is 366 g/mol. The van der Waals surface area contributed by atoms with E-state index in [1.54, 1.807) is 13.0 Å². The first-order valence-electron chi connectivity index (χ1n) is 9.57. The zero-order valence-corrected chi connectivity index (χ0v) is 15.7. The van der Waals surface area contributed by atoms with E-state index >= 15 is 0 Å². The summed E-state index contributed by atoms with van der Waals surface area (Å²) in [6.07, 6.45) is 2.05. The maximum Gasteiger partial charge on any atom is 0.219 e. The van der Waals surface area contributed by atoms with Crippen LogP contribution in [0.5, 0.6) is 5.75 Å². The van der Waals surface area contributed by atoms with Gasteiger partial charge in [-0.3, -0.25) is 9.69 Å². The lowest BCUT2D eigenvalue weighted by Crippen LogP contribution is -2.52. The SMILES string of the molecule is CC(=O)N1Cc2ccccc2C2(CCN(Cc3ccccc3OO)CC2)C1. The van der Waals surface area contributed by atoms with Gasteiger partial charge in [-0.25, -0.2) is 5.26 Å². The first-order chi connectivity index (χ1) is 13.1. The van der Waals surface area contributed by atoms with Crippen molar-refractivity contribution >= 4 is 5.91 Å². The smallest absolute Gasteiger partial charge is 0.219 e. The molecule has 4 rings (SSSR count). The van der Waals surface area contributed by atoms with Crippen molar-refractivity contribution in [1.29, 1.82) is 0 Å². The number of rotatable bonds is 3. The number of hydrogen-bond acceptors (Lipinski definition) is 4. The maximum absolute atomic E-state index is 12.1. The van der Waals surface area contributed by atoms with Gasteiger partial charge in [0.15, 0.2) is 5.75 Å². The molecule has 0 atom stereocenters. The van der Waals surface area contributed by atoms with Gasteiger partial charge in [-0.2, -0.15) is 0 Å². The molecule has 0 aliphatic carbocycles. The van der Waals surface area contributed by atoms with Gasteiger partial charge in [0.25, 0.3) is 0 Å². The molecule has 1 spiro atoms. The predicted molar refractivity (Wildman–Crippen MR) is 103 cm³/mol. The molecule has 1 saturated heterocycles. The van der Waals surface area contributed by atoms with Crippen LogP contribution in [0.25, 0.3) is 0 Å². The molecule has 1 fully saturated rings. The third kappa shape index (κ3) is 3.45. The van der Waals surface area contributed by atoms with Crippen molar-refractivity contribution in [2.45, 2.75) is 38.3 Å². The molecule has 1 N–H and O–H groups in total. The summed E-state index contributed by atoms with van der Waals surface area (Å²) in [5, 5.41) is 9.08. The minimum Gasteiger partial charge on any atom is -0.340 e. The van der Waals surface area contributed by atoms with Crippen molar-refractivity contribution in [3.05, 3.63) is 65.2 Å². The Labute approximate surface area is 160 Å². The summed E-state index contributed by atoms with van der Waals surface area (Å²) in [6, 6.07) is 16.2. The topological polar surface area (TPSA) is 53.0 Å². The zero-order valence-electron chi connectivity index (χ0n) is 15.7. The van der Waals surface area contributed by atoms with Crippen molar-refractivity contribution in [2.24, 2.45) is 0 Å². The Hall–Kier alpha value is -2.37. The van der Waals surface area contributed by atoms with E-state index in [2.05, 4.69) is 34.1 Å². The fourth-order valence-electron chi connectivity index (χ4n) is 4.64. The number of nitrogens with zero attached hydrogens (tertiary/aromatic N) is 2. The lowest BCUT2D eigenvalue weighted by molar-refractivity contribution is -0.138. The molecule has 0 bridgehead atoms. The summed E-state index contributed by atoms with van der Waals surface area (Å²) in [7, 11) is 0. The molecule has 2 heterocycles. The van der Waals surface area contributed by atoms with Gasteiger partial charge in [0, 0.05) is 37.5 Å². The van der Waals surface area contributed by atoms with Crippen LogP contribution >= 0.6 is 0 Å². The van der Waals surface area contributed by atoms with E-state index in [-0.39, 0.29) is 11.3 Å². The van der Waals surface area contributed by atoms with Gasteiger partial charge >= 0.3 is 0 Å². The summed E-state index contributed by atoms with van der Waals surface area (Å²) in [5.74, 6) is 0.670. The molecule has 142 valence electrons. The molecule has 0 radical (unpaired) electrons. The highest BCUT2D eigenvalue weighted by Crippen LogP contribution is 2.42. The number of benzene rings is 2. The van der Waals surface area contributed by atoms with Gasteiger partial charge in [0.1, 0.15) is 0 Å². The number of piperidine rings is 1. The first kappa shape index (κ1) is 18.0. The highest BCUT2D eigenvalue weighted by Gasteiger charge is 2.42. The molecule has 27 heavy (non-hydrogen) atoms. The van der Waals surface area contributed by atoms with E-state index in [9.17, 15) is 4.79 Å². The Morgan fingerprint density at radius 3 is 2.56 bits per heavy atom. The second-order valence-corrected chi connectivity index (χ2v) is 7.79. The van der Waals surface area contributed by atoms with Crippen LogP contribution in [0.3, 0.4) is 0 Å².